The fourth-order valence-electron chi connectivity index (χ4n) is 2.22. The molecule has 4 N–H and O–H groups in total. The first-order valence-corrected chi connectivity index (χ1v) is 7.05. The largest absolute Gasteiger partial charge is 0.388 e. The fraction of sp³-hybridized carbons (Fsp3) is 0.538. The lowest BCUT2D eigenvalue weighted by Gasteiger charge is -2.25. The van der Waals surface area contributed by atoms with Crippen molar-refractivity contribution in [3.8, 4) is 0 Å². The first kappa shape index (κ1) is 16.1. The van der Waals surface area contributed by atoms with Crippen molar-refractivity contribution in [3.05, 3.63) is 12.7 Å². The van der Waals surface area contributed by atoms with E-state index in [1.54, 1.807) is 0 Å². The zero-order valence-corrected chi connectivity index (χ0v) is 12.5. The molecule has 9 nitrogen and oxygen atoms in total. The van der Waals surface area contributed by atoms with Crippen molar-refractivity contribution in [1.29, 1.82) is 0 Å². The summed E-state index contributed by atoms with van der Waals surface area (Å²) in [5.41, 5.74) is 6.54. The van der Waals surface area contributed by atoms with Gasteiger partial charge in [-0.25, -0.2) is 15.0 Å². The molecule has 2 atom stereocenters. The molecule has 0 aliphatic heterocycles. The number of nitrogen functional groups attached to an aromatic ring is 1. The number of anilines is 1. The third-order valence-electron chi connectivity index (χ3n) is 3.51. The molecule has 0 unspecified atom stereocenters. The summed E-state index contributed by atoms with van der Waals surface area (Å²) in [4.78, 5) is 25.4. The van der Waals surface area contributed by atoms with E-state index >= 15 is 0 Å². The third kappa shape index (κ3) is 3.00. The number of nitrogens with zero attached hydrogens (tertiary/aromatic N) is 5. The highest BCUT2D eigenvalue weighted by molar-refractivity contribution is 5.82. The van der Waals surface area contributed by atoms with Gasteiger partial charge < -0.3 is 25.4 Å². The van der Waals surface area contributed by atoms with Crippen molar-refractivity contribution in [2.45, 2.75) is 32.6 Å². The lowest BCUT2D eigenvalue weighted by Crippen LogP contribution is -2.46. The predicted octanol–water partition coefficient (Wildman–Crippen LogP) is -1.00. The monoisotopic (exact) mass is 308 g/mol. The normalized spacial score (nSPS) is 14.0. The Bertz CT molecular complexity index is 654. The van der Waals surface area contributed by atoms with Gasteiger partial charge in [0.2, 0.25) is 0 Å². The van der Waals surface area contributed by atoms with Crippen LogP contribution in [0.25, 0.3) is 11.2 Å². The molecule has 2 rings (SSSR count). The van der Waals surface area contributed by atoms with Gasteiger partial charge in [0.05, 0.1) is 12.9 Å². The fourth-order valence-corrected chi connectivity index (χ4v) is 2.22. The lowest BCUT2D eigenvalue weighted by atomic mass is 10.1. The van der Waals surface area contributed by atoms with Crippen LogP contribution < -0.4 is 5.73 Å². The van der Waals surface area contributed by atoms with Gasteiger partial charge in [0, 0.05) is 13.1 Å². The van der Waals surface area contributed by atoms with Crippen LogP contribution in [0.2, 0.25) is 0 Å². The molecule has 120 valence electrons. The van der Waals surface area contributed by atoms with E-state index in [-0.39, 0.29) is 12.4 Å². The molecule has 0 saturated carbocycles. The summed E-state index contributed by atoms with van der Waals surface area (Å²) >= 11 is 0. The van der Waals surface area contributed by atoms with Gasteiger partial charge in [0.1, 0.15) is 17.9 Å². The van der Waals surface area contributed by atoms with Gasteiger partial charge in [-0.1, -0.05) is 0 Å². The summed E-state index contributed by atoms with van der Waals surface area (Å²) in [6.07, 6.45) is -0.0500. The SMILES string of the molecule is CCN(CC)C(=O)[C@H](O)[C@H](O)Cn1cnc2c(N)ncnc21. The summed E-state index contributed by atoms with van der Waals surface area (Å²) in [6.45, 7) is 4.53. The van der Waals surface area contributed by atoms with Crippen LogP contribution in [0.4, 0.5) is 5.82 Å². The van der Waals surface area contributed by atoms with Crippen molar-refractivity contribution < 1.29 is 15.0 Å². The van der Waals surface area contributed by atoms with Crippen LogP contribution in [0.1, 0.15) is 13.8 Å². The number of nitrogens with two attached hydrogens (primary N) is 1. The number of aliphatic hydroxyl groups is 2. The molecule has 2 heterocycles. The first-order valence-electron chi connectivity index (χ1n) is 7.05. The molecule has 0 aliphatic carbocycles. The molecule has 9 heteroatoms. The van der Waals surface area contributed by atoms with Gasteiger partial charge >= 0.3 is 0 Å². The van der Waals surface area contributed by atoms with E-state index in [9.17, 15) is 15.0 Å². The summed E-state index contributed by atoms with van der Waals surface area (Å²) in [5, 5.41) is 20.1. The molecule has 0 spiro atoms. The van der Waals surface area contributed by atoms with E-state index in [0.717, 1.165) is 0 Å². The molecule has 0 aromatic carbocycles. The minimum atomic E-state index is -1.50. The van der Waals surface area contributed by atoms with Gasteiger partial charge in [-0.3, -0.25) is 4.79 Å². The topological polar surface area (TPSA) is 130 Å². The van der Waals surface area contributed by atoms with Crippen molar-refractivity contribution >= 4 is 22.9 Å². The van der Waals surface area contributed by atoms with Gasteiger partial charge in [-0.05, 0) is 13.8 Å². The number of amides is 1. The van der Waals surface area contributed by atoms with E-state index < -0.39 is 18.1 Å². The minimum absolute atomic E-state index is 0.0267. The Kier molecular flexibility index (Phi) is 4.88. The lowest BCUT2D eigenvalue weighted by molar-refractivity contribution is -0.146. The molecule has 0 radical (unpaired) electrons. The summed E-state index contributed by atoms with van der Waals surface area (Å²) in [5.74, 6) is -0.269. The average Bonchev–Trinajstić information content (AvgIpc) is 2.92. The Morgan fingerprint density at radius 3 is 2.64 bits per heavy atom. The molecule has 22 heavy (non-hydrogen) atoms. The number of carbonyl (C=O) groups excluding carboxylic acids is 1. The minimum Gasteiger partial charge on any atom is -0.388 e. The molecule has 0 bridgehead atoms. The Morgan fingerprint density at radius 2 is 2.00 bits per heavy atom. The smallest absolute Gasteiger partial charge is 0.254 e. The number of aromatic nitrogens is 4. The number of fused-ring (bicyclic) bond motifs is 1. The summed E-state index contributed by atoms with van der Waals surface area (Å²) < 4.78 is 1.52. The molecule has 2 aromatic rings. The van der Waals surface area contributed by atoms with Crippen LogP contribution in [0.15, 0.2) is 12.7 Å². The van der Waals surface area contributed by atoms with Crippen molar-refractivity contribution in [2.24, 2.45) is 0 Å². The average molecular weight is 308 g/mol. The van der Waals surface area contributed by atoms with E-state index in [2.05, 4.69) is 15.0 Å². The van der Waals surface area contributed by atoms with E-state index in [1.807, 2.05) is 13.8 Å². The highest BCUT2D eigenvalue weighted by Gasteiger charge is 2.28. The molecule has 0 saturated heterocycles. The molecular formula is C13H20N6O3. The number of hydrogen-bond acceptors (Lipinski definition) is 7. The number of carbonyl (C=O) groups is 1. The van der Waals surface area contributed by atoms with Crippen LogP contribution in [-0.4, -0.2) is 65.8 Å². The van der Waals surface area contributed by atoms with Crippen LogP contribution in [0.3, 0.4) is 0 Å². The maximum atomic E-state index is 12.0. The van der Waals surface area contributed by atoms with Gasteiger partial charge in [0.25, 0.3) is 5.91 Å². The second kappa shape index (κ2) is 6.67. The van der Waals surface area contributed by atoms with Gasteiger partial charge in [-0.2, -0.15) is 0 Å². The third-order valence-corrected chi connectivity index (χ3v) is 3.51. The Balaban J connectivity index is 2.15. The quantitative estimate of drug-likeness (QED) is 0.623. The number of rotatable bonds is 6. The second-order valence-electron chi connectivity index (χ2n) is 4.85. The van der Waals surface area contributed by atoms with Crippen molar-refractivity contribution in [2.75, 3.05) is 18.8 Å². The maximum Gasteiger partial charge on any atom is 0.254 e. The van der Waals surface area contributed by atoms with Crippen LogP contribution >= 0.6 is 0 Å². The van der Waals surface area contributed by atoms with E-state index in [1.165, 1.54) is 22.1 Å². The number of aliphatic hydroxyl groups excluding tert-OH is 2. The highest BCUT2D eigenvalue weighted by atomic mass is 16.3. The Morgan fingerprint density at radius 1 is 1.32 bits per heavy atom. The maximum absolute atomic E-state index is 12.0. The second-order valence-corrected chi connectivity index (χ2v) is 4.85. The van der Waals surface area contributed by atoms with E-state index in [4.69, 9.17) is 5.73 Å². The van der Waals surface area contributed by atoms with Crippen LogP contribution in [0, 0.1) is 0 Å². The molecule has 0 fully saturated rings. The zero-order valence-electron chi connectivity index (χ0n) is 12.5. The Labute approximate surface area is 127 Å². The molecule has 1 amide bonds. The van der Waals surface area contributed by atoms with Gasteiger partial charge in [0.15, 0.2) is 17.6 Å². The molecular weight excluding hydrogens is 288 g/mol. The van der Waals surface area contributed by atoms with Crippen LogP contribution in [0.5, 0.6) is 0 Å². The van der Waals surface area contributed by atoms with Gasteiger partial charge in [-0.15, -0.1) is 0 Å². The highest BCUT2D eigenvalue weighted by Crippen LogP contribution is 2.15. The predicted molar refractivity (Wildman–Crippen MR) is 79.7 cm³/mol. The Hall–Kier alpha value is -2.26. The van der Waals surface area contributed by atoms with Crippen molar-refractivity contribution in [1.82, 2.24) is 24.4 Å². The number of hydrogen-bond donors (Lipinski definition) is 3. The first-order chi connectivity index (χ1) is 10.5. The summed E-state index contributed by atoms with van der Waals surface area (Å²) in [6, 6.07) is 0. The van der Waals surface area contributed by atoms with E-state index in [0.29, 0.717) is 24.3 Å². The summed E-state index contributed by atoms with van der Waals surface area (Å²) in [7, 11) is 0. The van der Waals surface area contributed by atoms with Crippen molar-refractivity contribution in [3.63, 3.8) is 0 Å². The standard InChI is InChI=1S/C13H20N6O3/c1-3-18(4-2)13(22)10(21)8(20)5-19-7-17-9-11(14)15-6-16-12(9)19/h6-8,10,20-21H,3-5H2,1-2H3,(H2,14,15,16)/t8-,10-/m1/s1. The number of likely N-dealkylation sites (N-methyl/N-ethyl adjacent to an activating group) is 1. The molecule has 2 aromatic heterocycles. The molecule has 0 aliphatic rings. The zero-order chi connectivity index (χ0) is 16.3. The number of imidazole rings is 1. The van der Waals surface area contributed by atoms with Crippen LogP contribution in [-0.2, 0) is 11.3 Å².